The van der Waals surface area contributed by atoms with Crippen molar-refractivity contribution in [1.82, 2.24) is 9.80 Å². The molecule has 0 aromatic heterocycles. The average Bonchev–Trinajstić information content (AvgIpc) is 2.68. The van der Waals surface area contributed by atoms with E-state index in [2.05, 4.69) is 0 Å². The minimum absolute atomic E-state index is 0.0564. The molecule has 6 heteroatoms. The van der Waals surface area contributed by atoms with Crippen LogP contribution in [-0.4, -0.2) is 56.7 Å². The summed E-state index contributed by atoms with van der Waals surface area (Å²) >= 11 is 0. The van der Waals surface area contributed by atoms with Crippen LogP contribution in [-0.2, 0) is 17.9 Å². The van der Waals surface area contributed by atoms with E-state index >= 15 is 0 Å². The first-order chi connectivity index (χ1) is 13.1. The summed E-state index contributed by atoms with van der Waals surface area (Å²) in [5, 5.41) is 0. The van der Waals surface area contributed by atoms with Crippen LogP contribution in [0.1, 0.15) is 11.1 Å². The van der Waals surface area contributed by atoms with E-state index in [4.69, 9.17) is 14.2 Å². The minimum Gasteiger partial charge on any atom is -0.496 e. The van der Waals surface area contributed by atoms with Crippen molar-refractivity contribution >= 4 is 5.91 Å². The Labute approximate surface area is 160 Å². The molecule has 0 bridgehead atoms. The summed E-state index contributed by atoms with van der Waals surface area (Å²) < 4.78 is 16.5. The van der Waals surface area contributed by atoms with Gasteiger partial charge in [0.15, 0.2) is 11.5 Å². The smallest absolute Gasteiger partial charge is 0.236 e. The van der Waals surface area contributed by atoms with Crippen LogP contribution in [0.2, 0.25) is 0 Å². The molecule has 0 saturated heterocycles. The number of methoxy groups -OCH3 is 1. The van der Waals surface area contributed by atoms with Gasteiger partial charge in [0.1, 0.15) is 19.0 Å². The normalized spacial score (nSPS) is 12.7. The maximum atomic E-state index is 12.6. The molecule has 0 aliphatic carbocycles. The fourth-order valence-corrected chi connectivity index (χ4v) is 3.08. The molecule has 1 heterocycles. The van der Waals surface area contributed by atoms with E-state index in [0.717, 1.165) is 28.4 Å². The van der Waals surface area contributed by atoms with Crippen LogP contribution in [0, 0.1) is 0 Å². The maximum Gasteiger partial charge on any atom is 0.236 e. The van der Waals surface area contributed by atoms with Crippen LogP contribution < -0.4 is 14.2 Å². The molecule has 6 nitrogen and oxygen atoms in total. The Kier molecular flexibility index (Phi) is 6.19. The molecule has 27 heavy (non-hydrogen) atoms. The molecule has 2 aromatic carbocycles. The predicted molar refractivity (Wildman–Crippen MR) is 103 cm³/mol. The molecule has 1 amide bonds. The van der Waals surface area contributed by atoms with Crippen LogP contribution >= 0.6 is 0 Å². The Hall–Kier alpha value is -2.73. The number of likely N-dealkylation sites (N-methyl/N-ethyl adjacent to an activating group) is 2. The molecule has 0 N–H and O–H groups in total. The Balaban J connectivity index is 1.55. The Morgan fingerprint density at radius 2 is 1.78 bits per heavy atom. The van der Waals surface area contributed by atoms with Crippen LogP contribution in [0.3, 0.4) is 0 Å². The predicted octanol–water partition coefficient (Wildman–Crippen LogP) is 2.56. The van der Waals surface area contributed by atoms with Crippen LogP contribution in [0.5, 0.6) is 17.2 Å². The van der Waals surface area contributed by atoms with E-state index in [9.17, 15) is 4.79 Å². The van der Waals surface area contributed by atoms with Crippen molar-refractivity contribution in [2.45, 2.75) is 13.1 Å². The second kappa shape index (κ2) is 8.77. The van der Waals surface area contributed by atoms with Crippen molar-refractivity contribution < 1.29 is 19.0 Å². The standard InChI is InChI=1S/C21H26N2O4/c1-22(13-16-8-9-19-20(12-16)27-11-10-26-19)15-21(24)23(2)14-17-6-4-5-7-18(17)25-3/h4-9,12H,10-11,13-15H2,1-3H3. The van der Waals surface area contributed by atoms with Crippen molar-refractivity contribution in [3.63, 3.8) is 0 Å². The molecule has 0 fully saturated rings. The summed E-state index contributed by atoms with van der Waals surface area (Å²) in [5.74, 6) is 2.40. The van der Waals surface area contributed by atoms with Gasteiger partial charge in [0, 0.05) is 25.7 Å². The van der Waals surface area contributed by atoms with E-state index in [0.29, 0.717) is 32.8 Å². The highest BCUT2D eigenvalue weighted by atomic mass is 16.6. The lowest BCUT2D eigenvalue weighted by atomic mass is 10.1. The molecular weight excluding hydrogens is 344 g/mol. The quantitative estimate of drug-likeness (QED) is 0.750. The highest BCUT2D eigenvalue weighted by Gasteiger charge is 2.16. The van der Waals surface area contributed by atoms with E-state index in [1.54, 1.807) is 12.0 Å². The van der Waals surface area contributed by atoms with E-state index in [1.807, 2.05) is 61.5 Å². The van der Waals surface area contributed by atoms with Gasteiger partial charge in [0.05, 0.1) is 13.7 Å². The molecule has 0 unspecified atom stereocenters. The van der Waals surface area contributed by atoms with Gasteiger partial charge in [-0.3, -0.25) is 9.69 Å². The number of carbonyl (C=O) groups excluding carboxylic acids is 1. The third-order valence-corrected chi connectivity index (χ3v) is 4.49. The molecule has 1 aliphatic heterocycles. The minimum atomic E-state index is 0.0564. The largest absolute Gasteiger partial charge is 0.496 e. The highest BCUT2D eigenvalue weighted by Crippen LogP contribution is 2.31. The number of nitrogens with zero attached hydrogens (tertiary/aromatic N) is 2. The van der Waals surface area contributed by atoms with Crippen LogP contribution in [0.4, 0.5) is 0 Å². The molecule has 0 spiro atoms. The lowest BCUT2D eigenvalue weighted by Gasteiger charge is -2.23. The van der Waals surface area contributed by atoms with Crippen molar-refractivity contribution in [2.75, 3.05) is 41.0 Å². The number of benzene rings is 2. The topological polar surface area (TPSA) is 51.2 Å². The number of amides is 1. The second-order valence-corrected chi connectivity index (χ2v) is 6.71. The first-order valence-corrected chi connectivity index (χ1v) is 8.99. The Morgan fingerprint density at radius 1 is 1.04 bits per heavy atom. The Morgan fingerprint density at radius 3 is 2.56 bits per heavy atom. The second-order valence-electron chi connectivity index (χ2n) is 6.71. The van der Waals surface area contributed by atoms with Gasteiger partial charge in [-0.05, 0) is 30.8 Å². The number of carbonyl (C=O) groups is 1. The van der Waals surface area contributed by atoms with Gasteiger partial charge in [-0.2, -0.15) is 0 Å². The summed E-state index contributed by atoms with van der Waals surface area (Å²) in [6, 6.07) is 13.7. The maximum absolute atomic E-state index is 12.6. The SMILES string of the molecule is COc1ccccc1CN(C)C(=O)CN(C)Cc1ccc2c(c1)OCCO2. The number of para-hydroxylation sites is 1. The van der Waals surface area contributed by atoms with Gasteiger partial charge in [0.25, 0.3) is 0 Å². The van der Waals surface area contributed by atoms with E-state index in [-0.39, 0.29) is 5.91 Å². The van der Waals surface area contributed by atoms with Gasteiger partial charge in [-0.25, -0.2) is 0 Å². The zero-order valence-electron chi connectivity index (χ0n) is 16.1. The first-order valence-electron chi connectivity index (χ1n) is 8.99. The Bertz CT molecular complexity index is 794. The van der Waals surface area contributed by atoms with Gasteiger partial charge >= 0.3 is 0 Å². The first kappa shape index (κ1) is 19.0. The van der Waals surface area contributed by atoms with Gasteiger partial charge in [-0.15, -0.1) is 0 Å². The van der Waals surface area contributed by atoms with E-state index < -0.39 is 0 Å². The zero-order valence-corrected chi connectivity index (χ0v) is 16.1. The fraction of sp³-hybridized carbons (Fsp3) is 0.381. The molecular formula is C21H26N2O4. The van der Waals surface area contributed by atoms with Crippen LogP contribution in [0.15, 0.2) is 42.5 Å². The molecule has 2 aromatic rings. The number of rotatable bonds is 7. The van der Waals surface area contributed by atoms with Crippen LogP contribution in [0.25, 0.3) is 0 Å². The van der Waals surface area contributed by atoms with Crippen molar-refractivity contribution in [2.24, 2.45) is 0 Å². The third-order valence-electron chi connectivity index (χ3n) is 4.49. The summed E-state index contributed by atoms with van der Waals surface area (Å²) in [6.07, 6.45) is 0. The van der Waals surface area contributed by atoms with Crippen molar-refractivity contribution in [3.8, 4) is 17.2 Å². The third kappa shape index (κ3) is 4.92. The summed E-state index contributed by atoms with van der Waals surface area (Å²) in [6.45, 7) is 2.66. The van der Waals surface area contributed by atoms with Gasteiger partial charge in [-0.1, -0.05) is 24.3 Å². The number of fused-ring (bicyclic) bond motifs is 1. The van der Waals surface area contributed by atoms with Crippen molar-refractivity contribution in [1.29, 1.82) is 0 Å². The van der Waals surface area contributed by atoms with Gasteiger partial charge in [0.2, 0.25) is 5.91 Å². The number of ether oxygens (including phenoxy) is 3. The molecule has 0 saturated carbocycles. The molecule has 144 valence electrons. The zero-order chi connectivity index (χ0) is 19.2. The lowest BCUT2D eigenvalue weighted by Crippen LogP contribution is -2.36. The molecule has 0 radical (unpaired) electrons. The summed E-state index contributed by atoms with van der Waals surface area (Å²) in [7, 11) is 5.39. The fourth-order valence-electron chi connectivity index (χ4n) is 3.08. The highest BCUT2D eigenvalue weighted by molar-refractivity contribution is 5.78. The average molecular weight is 370 g/mol. The lowest BCUT2D eigenvalue weighted by molar-refractivity contribution is -0.131. The molecule has 0 atom stereocenters. The number of hydrogen-bond acceptors (Lipinski definition) is 5. The summed E-state index contributed by atoms with van der Waals surface area (Å²) in [5.41, 5.74) is 2.08. The number of hydrogen-bond donors (Lipinski definition) is 0. The van der Waals surface area contributed by atoms with E-state index in [1.165, 1.54) is 0 Å². The van der Waals surface area contributed by atoms with Crippen molar-refractivity contribution in [3.05, 3.63) is 53.6 Å². The molecule has 3 rings (SSSR count). The van der Waals surface area contributed by atoms with Gasteiger partial charge < -0.3 is 19.1 Å². The summed E-state index contributed by atoms with van der Waals surface area (Å²) in [4.78, 5) is 16.3. The monoisotopic (exact) mass is 370 g/mol. The molecule has 1 aliphatic rings.